The second-order valence-electron chi connectivity index (χ2n) is 5.39. The highest BCUT2D eigenvalue weighted by Crippen LogP contribution is 2.28. The van der Waals surface area contributed by atoms with Crippen LogP contribution in [-0.4, -0.2) is 33.0 Å². The van der Waals surface area contributed by atoms with E-state index in [1.165, 1.54) is 23.9 Å². The van der Waals surface area contributed by atoms with E-state index in [1.54, 1.807) is 29.5 Å². The molecule has 0 fully saturated rings. The minimum Gasteiger partial charge on any atom is -0.433 e. The monoisotopic (exact) mass is 422 g/mol. The summed E-state index contributed by atoms with van der Waals surface area (Å²) < 4.78 is 31.2. The van der Waals surface area contributed by atoms with E-state index in [9.17, 15) is 13.6 Å². The van der Waals surface area contributed by atoms with Gasteiger partial charge >= 0.3 is 6.61 Å². The number of para-hydroxylation sites is 2. The summed E-state index contributed by atoms with van der Waals surface area (Å²) in [6.45, 7) is 1.27. The fourth-order valence-corrected chi connectivity index (χ4v) is 3.83. The average molecular weight is 422 g/mol. The fourth-order valence-electron chi connectivity index (χ4n) is 2.36. The molecule has 1 N–H and O–H groups in total. The molecular formula is C18H16F2N4O2S2. The molecular weight excluding hydrogens is 406 g/mol. The van der Waals surface area contributed by atoms with Gasteiger partial charge in [0.2, 0.25) is 5.91 Å². The lowest BCUT2D eigenvalue weighted by Crippen LogP contribution is -2.16. The molecule has 0 saturated heterocycles. The van der Waals surface area contributed by atoms with Crippen molar-refractivity contribution < 1.29 is 18.3 Å². The molecule has 0 unspecified atom stereocenters. The molecule has 1 amide bonds. The van der Waals surface area contributed by atoms with Crippen LogP contribution in [0.25, 0.3) is 10.7 Å². The number of halogens is 2. The highest BCUT2D eigenvalue weighted by molar-refractivity contribution is 7.99. The molecule has 0 aliphatic carbocycles. The maximum absolute atomic E-state index is 12.5. The Morgan fingerprint density at radius 3 is 2.86 bits per heavy atom. The van der Waals surface area contributed by atoms with Gasteiger partial charge < -0.3 is 10.1 Å². The van der Waals surface area contributed by atoms with Crippen LogP contribution in [0.5, 0.6) is 5.75 Å². The number of thioether (sulfide) groups is 1. The number of nitrogens with one attached hydrogen (secondary N) is 1. The molecule has 2 heterocycles. The Morgan fingerprint density at radius 2 is 2.14 bits per heavy atom. The summed E-state index contributed by atoms with van der Waals surface area (Å²) in [7, 11) is 0. The van der Waals surface area contributed by atoms with Crippen LogP contribution in [0, 0.1) is 0 Å². The Bertz CT molecular complexity index is 945. The number of carbonyl (C=O) groups excluding carboxylic acids is 1. The van der Waals surface area contributed by atoms with E-state index in [-0.39, 0.29) is 23.1 Å². The number of rotatable bonds is 9. The number of ether oxygens (including phenoxy) is 1. The first kappa shape index (κ1) is 20.0. The topological polar surface area (TPSA) is 69.0 Å². The SMILES string of the molecule is C=CCn1c(SCC(=O)Nc2ccccc2OC(F)F)nnc1-c1cccs1. The summed E-state index contributed by atoms with van der Waals surface area (Å²) in [6, 6.07) is 9.89. The summed E-state index contributed by atoms with van der Waals surface area (Å²) in [5.41, 5.74) is 0.181. The summed E-state index contributed by atoms with van der Waals surface area (Å²) in [5.74, 6) is 0.267. The Morgan fingerprint density at radius 1 is 1.32 bits per heavy atom. The lowest BCUT2D eigenvalue weighted by atomic mass is 10.3. The molecule has 28 heavy (non-hydrogen) atoms. The smallest absolute Gasteiger partial charge is 0.387 e. The zero-order valence-electron chi connectivity index (χ0n) is 14.5. The molecule has 0 aliphatic rings. The lowest BCUT2D eigenvalue weighted by molar-refractivity contribution is -0.113. The Kier molecular flexibility index (Phi) is 6.77. The van der Waals surface area contributed by atoms with Gasteiger partial charge in [-0.15, -0.1) is 28.1 Å². The lowest BCUT2D eigenvalue weighted by Gasteiger charge is -2.11. The number of aromatic nitrogens is 3. The minimum atomic E-state index is -2.97. The molecule has 10 heteroatoms. The number of benzene rings is 1. The van der Waals surface area contributed by atoms with Crippen LogP contribution in [-0.2, 0) is 11.3 Å². The van der Waals surface area contributed by atoms with Crippen molar-refractivity contribution >= 4 is 34.7 Å². The molecule has 0 radical (unpaired) electrons. The van der Waals surface area contributed by atoms with Gasteiger partial charge in [-0.05, 0) is 23.6 Å². The summed E-state index contributed by atoms with van der Waals surface area (Å²) in [4.78, 5) is 13.2. The van der Waals surface area contributed by atoms with E-state index in [2.05, 4.69) is 26.8 Å². The summed E-state index contributed by atoms with van der Waals surface area (Å²) in [6.07, 6.45) is 1.72. The molecule has 3 aromatic rings. The number of hydrogen-bond acceptors (Lipinski definition) is 6. The molecule has 0 aliphatic heterocycles. The number of thiophene rings is 1. The Balaban J connectivity index is 1.68. The highest BCUT2D eigenvalue weighted by atomic mass is 32.2. The first-order valence-electron chi connectivity index (χ1n) is 8.13. The molecule has 0 spiro atoms. The molecule has 3 rings (SSSR count). The van der Waals surface area contributed by atoms with E-state index >= 15 is 0 Å². The van der Waals surface area contributed by atoms with Crippen LogP contribution in [0.3, 0.4) is 0 Å². The average Bonchev–Trinajstić information content (AvgIpc) is 3.31. The third kappa shape index (κ3) is 4.96. The van der Waals surface area contributed by atoms with Gasteiger partial charge in [0.05, 0.1) is 16.3 Å². The van der Waals surface area contributed by atoms with Crippen LogP contribution in [0.2, 0.25) is 0 Å². The van der Waals surface area contributed by atoms with Gasteiger partial charge in [-0.25, -0.2) is 0 Å². The van der Waals surface area contributed by atoms with Crippen molar-refractivity contribution in [2.24, 2.45) is 0 Å². The zero-order chi connectivity index (χ0) is 19.9. The third-order valence-electron chi connectivity index (χ3n) is 3.48. The van der Waals surface area contributed by atoms with Crippen molar-refractivity contribution in [1.29, 1.82) is 0 Å². The molecule has 146 valence electrons. The number of anilines is 1. The van der Waals surface area contributed by atoms with Gasteiger partial charge in [0.25, 0.3) is 0 Å². The maximum Gasteiger partial charge on any atom is 0.387 e. The largest absolute Gasteiger partial charge is 0.433 e. The van der Waals surface area contributed by atoms with E-state index in [1.807, 2.05) is 22.1 Å². The normalized spacial score (nSPS) is 10.8. The summed E-state index contributed by atoms with van der Waals surface area (Å²) in [5, 5.41) is 13.5. The first-order valence-corrected chi connectivity index (χ1v) is 9.99. The van der Waals surface area contributed by atoms with Gasteiger partial charge in [-0.3, -0.25) is 9.36 Å². The van der Waals surface area contributed by atoms with E-state index in [0.29, 0.717) is 17.5 Å². The van der Waals surface area contributed by atoms with Crippen LogP contribution in [0.4, 0.5) is 14.5 Å². The quantitative estimate of drug-likeness (QED) is 0.405. The first-order chi connectivity index (χ1) is 13.6. The molecule has 0 saturated carbocycles. The molecule has 0 bridgehead atoms. The minimum absolute atomic E-state index is 0.0305. The second-order valence-corrected chi connectivity index (χ2v) is 7.28. The van der Waals surface area contributed by atoms with Gasteiger partial charge in [0.15, 0.2) is 11.0 Å². The van der Waals surface area contributed by atoms with Crippen LogP contribution < -0.4 is 10.1 Å². The number of carbonyl (C=O) groups is 1. The van der Waals surface area contributed by atoms with Crippen molar-refractivity contribution in [1.82, 2.24) is 14.8 Å². The molecule has 6 nitrogen and oxygen atoms in total. The van der Waals surface area contributed by atoms with E-state index < -0.39 is 6.61 Å². The number of allylic oxidation sites excluding steroid dienone is 1. The number of nitrogens with zero attached hydrogens (tertiary/aromatic N) is 3. The van der Waals surface area contributed by atoms with Crippen LogP contribution in [0.1, 0.15) is 0 Å². The van der Waals surface area contributed by atoms with Gasteiger partial charge in [0, 0.05) is 6.54 Å². The second kappa shape index (κ2) is 9.47. The van der Waals surface area contributed by atoms with Crippen LogP contribution in [0.15, 0.2) is 59.6 Å². The van der Waals surface area contributed by atoms with Crippen molar-refractivity contribution in [3.8, 4) is 16.5 Å². The predicted octanol–water partition coefficient (Wildman–Crippen LogP) is 4.52. The van der Waals surface area contributed by atoms with Crippen LogP contribution >= 0.6 is 23.1 Å². The Hall–Kier alpha value is -2.72. The zero-order valence-corrected chi connectivity index (χ0v) is 16.2. The van der Waals surface area contributed by atoms with Crippen molar-refractivity contribution in [2.45, 2.75) is 18.3 Å². The number of amides is 1. The van der Waals surface area contributed by atoms with Gasteiger partial charge in [0.1, 0.15) is 5.75 Å². The van der Waals surface area contributed by atoms with Gasteiger partial charge in [-0.2, -0.15) is 8.78 Å². The van der Waals surface area contributed by atoms with Crippen molar-refractivity contribution in [3.63, 3.8) is 0 Å². The molecule has 1 aromatic carbocycles. The molecule has 2 aromatic heterocycles. The Labute approximate surface area is 168 Å². The van der Waals surface area contributed by atoms with Gasteiger partial charge in [-0.1, -0.05) is 36.0 Å². The predicted molar refractivity (Wildman–Crippen MR) is 106 cm³/mol. The maximum atomic E-state index is 12.5. The molecule has 0 atom stereocenters. The van der Waals surface area contributed by atoms with E-state index in [4.69, 9.17) is 0 Å². The third-order valence-corrected chi connectivity index (χ3v) is 5.31. The number of hydrogen-bond donors (Lipinski definition) is 1. The summed E-state index contributed by atoms with van der Waals surface area (Å²) >= 11 is 2.74. The standard InChI is InChI=1S/C18H16F2N4O2S2/c1-2-9-24-16(14-8-5-10-27-14)22-23-18(24)28-11-15(25)21-12-6-3-4-7-13(12)26-17(19)20/h2-8,10,17H,1,9,11H2,(H,21,25). The fraction of sp³-hybridized carbons (Fsp3) is 0.167. The highest BCUT2D eigenvalue weighted by Gasteiger charge is 2.16. The van der Waals surface area contributed by atoms with Crippen molar-refractivity contribution in [2.75, 3.05) is 11.1 Å². The van der Waals surface area contributed by atoms with E-state index in [0.717, 1.165) is 4.88 Å². The van der Waals surface area contributed by atoms with Crippen molar-refractivity contribution in [3.05, 3.63) is 54.4 Å². The number of alkyl halides is 2.